The summed E-state index contributed by atoms with van der Waals surface area (Å²) in [5.41, 5.74) is 8.30. The molecular formula is C36H50ClN3O7S. The molecule has 0 aromatic heterocycles. The number of methoxy groups -OCH3 is 1. The molecule has 264 valence electrons. The third kappa shape index (κ3) is 12.4. The van der Waals surface area contributed by atoms with Crippen LogP contribution in [0.4, 0.5) is 4.79 Å². The fourth-order valence-electron chi connectivity index (χ4n) is 5.65. The van der Waals surface area contributed by atoms with Crippen molar-refractivity contribution in [2.75, 3.05) is 19.4 Å². The van der Waals surface area contributed by atoms with Gasteiger partial charge in [0.1, 0.15) is 18.4 Å². The number of benzene rings is 3. The quantitative estimate of drug-likeness (QED) is 0.148. The molecule has 3 rings (SSSR count). The predicted octanol–water partition coefficient (Wildman–Crippen LogP) is 5.06. The molecule has 3 aromatic rings. The van der Waals surface area contributed by atoms with Gasteiger partial charge >= 0.3 is 6.09 Å². The largest absolute Gasteiger partial charge is 0.497 e. The number of halogens is 1. The van der Waals surface area contributed by atoms with Crippen molar-refractivity contribution in [3.05, 3.63) is 102 Å². The highest BCUT2D eigenvalue weighted by Crippen LogP contribution is 2.23. The van der Waals surface area contributed by atoms with E-state index in [1.807, 2.05) is 74.5 Å². The Labute approximate surface area is 291 Å². The molecule has 48 heavy (non-hydrogen) atoms. The molecule has 0 radical (unpaired) electrons. The number of primary amides is 1. The van der Waals surface area contributed by atoms with Crippen LogP contribution in [0.1, 0.15) is 56.2 Å². The molecule has 3 atom stereocenters. The van der Waals surface area contributed by atoms with Gasteiger partial charge < -0.3 is 25.6 Å². The van der Waals surface area contributed by atoms with E-state index in [9.17, 15) is 23.1 Å². The first-order valence-corrected chi connectivity index (χ1v) is 17.9. The van der Waals surface area contributed by atoms with Crippen molar-refractivity contribution in [1.82, 2.24) is 10.2 Å². The molecule has 0 aliphatic heterocycles. The summed E-state index contributed by atoms with van der Waals surface area (Å²) >= 11 is 0. The average molecular weight is 704 g/mol. The maximum absolute atomic E-state index is 14.0. The maximum atomic E-state index is 14.0. The highest BCUT2D eigenvalue weighted by molar-refractivity contribution is 7.92. The van der Waals surface area contributed by atoms with Crippen LogP contribution in [-0.2, 0) is 38.9 Å². The highest BCUT2D eigenvalue weighted by Gasteiger charge is 2.42. The Bertz CT molecular complexity index is 1490. The van der Waals surface area contributed by atoms with Crippen molar-refractivity contribution < 1.29 is 32.6 Å². The van der Waals surface area contributed by atoms with E-state index in [-0.39, 0.29) is 32.0 Å². The summed E-state index contributed by atoms with van der Waals surface area (Å²) in [6.45, 7) is 4.09. The second kappa shape index (κ2) is 20.7. The number of sulfone groups is 1. The average Bonchev–Trinajstić information content (AvgIpc) is 3.07. The minimum Gasteiger partial charge on any atom is -0.497 e. The monoisotopic (exact) mass is 703 g/mol. The minimum atomic E-state index is -3.89. The second-order valence-corrected chi connectivity index (χ2v) is 14.0. The molecule has 0 aliphatic carbocycles. The number of amides is 2. The summed E-state index contributed by atoms with van der Waals surface area (Å²) in [6, 6.07) is 23.0. The number of nitrogens with two attached hydrogens (primary N) is 1. The van der Waals surface area contributed by atoms with Crippen LogP contribution in [0.25, 0.3) is 0 Å². The van der Waals surface area contributed by atoms with Crippen LogP contribution in [0.15, 0.2) is 84.9 Å². The zero-order valence-corrected chi connectivity index (χ0v) is 29.6. The number of ether oxygens (including phenoxy) is 2. The van der Waals surface area contributed by atoms with Crippen LogP contribution >= 0.6 is 12.4 Å². The van der Waals surface area contributed by atoms with Crippen molar-refractivity contribution >= 4 is 34.2 Å². The number of carbonyl (C=O) groups excluding carboxylic acids is 2. The van der Waals surface area contributed by atoms with Crippen LogP contribution in [0, 0.1) is 0 Å². The Kier molecular flexibility index (Phi) is 17.5. The van der Waals surface area contributed by atoms with Gasteiger partial charge in [-0.25, -0.2) is 13.2 Å². The zero-order chi connectivity index (χ0) is 34.2. The van der Waals surface area contributed by atoms with E-state index < -0.39 is 51.0 Å². The Hall–Kier alpha value is -3.64. The van der Waals surface area contributed by atoms with Gasteiger partial charge in [0.25, 0.3) is 0 Å². The Morgan fingerprint density at radius 3 is 2.04 bits per heavy atom. The van der Waals surface area contributed by atoms with Gasteiger partial charge in [0, 0.05) is 13.1 Å². The number of carbonyl (C=O) groups is 2. The molecule has 0 fully saturated rings. The molecule has 0 bridgehead atoms. The van der Waals surface area contributed by atoms with Crippen LogP contribution in [0.3, 0.4) is 0 Å². The van der Waals surface area contributed by atoms with Crippen LogP contribution in [-0.4, -0.2) is 73.3 Å². The molecule has 0 aliphatic rings. The second-order valence-electron chi connectivity index (χ2n) is 11.7. The van der Waals surface area contributed by atoms with E-state index in [1.54, 1.807) is 31.4 Å². The minimum absolute atomic E-state index is 0. The smallest absolute Gasteiger partial charge is 0.411 e. The van der Waals surface area contributed by atoms with E-state index in [1.165, 1.54) is 0 Å². The SMILES string of the molecule is CCCC(CCC)S(=O)(=O)CC(C(N)=O)N(C(=O)OCc1ccccc1)[C@@H](Cc1ccccc1)[C@H](O)CNCc1cccc(OC)c1.Cl. The molecule has 2 amide bonds. The molecule has 0 saturated heterocycles. The molecule has 1 unspecified atom stereocenters. The topological polar surface area (TPSA) is 148 Å². The number of hydrogen-bond acceptors (Lipinski definition) is 8. The van der Waals surface area contributed by atoms with E-state index in [0.29, 0.717) is 43.5 Å². The van der Waals surface area contributed by atoms with Crippen molar-refractivity contribution in [1.29, 1.82) is 0 Å². The molecule has 0 spiro atoms. The van der Waals surface area contributed by atoms with Gasteiger partial charge in [-0.05, 0) is 48.1 Å². The number of nitrogens with zero attached hydrogens (tertiary/aromatic N) is 1. The number of aliphatic hydroxyl groups is 1. The van der Waals surface area contributed by atoms with E-state index in [2.05, 4.69) is 5.32 Å². The van der Waals surface area contributed by atoms with Crippen LogP contribution in [0.5, 0.6) is 5.75 Å². The molecule has 0 saturated carbocycles. The summed E-state index contributed by atoms with van der Waals surface area (Å²) in [4.78, 5) is 28.3. The lowest BCUT2D eigenvalue weighted by Gasteiger charge is -2.39. The molecule has 3 aromatic carbocycles. The maximum Gasteiger partial charge on any atom is 0.411 e. The summed E-state index contributed by atoms with van der Waals surface area (Å²) in [7, 11) is -2.31. The summed E-state index contributed by atoms with van der Waals surface area (Å²) in [5.74, 6) is -0.983. The Morgan fingerprint density at radius 2 is 1.48 bits per heavy atom. The molecular weight excluding hydrogens is 654 g/mol. The van der Waals surface area contributed by atoms with Gasteiger partial charge in [0.2, 0.25) is 5.91 Å². The van der Waals surface area contributed by atoms with E-state index >= 15 is 0 Å². The molecule has 0 heterocycles. The summed E-state index contributed by atoms with van der Waals surface area (Å²) in [5, 5.41) is 14.3. The number of nitrogens with one attached hydrogen (secondary N) is 1. The third-order valence-corrected chi connectivity index (χ3v) is 10.4. The first-order valence-electron chi connectivity index (χ1n) is 16.1. The van der Waals surface area contributed by atoms with Gasteiger partial charge in [0.15, 0.2) is 9.84 Å². The lowest BCUT2D eigenvalue weighted by molar-refractivity contribution is -0.123. The van der Waals surface area contributed by atoms with Crippen molar-refractivity contribution in [3.63, 3.8) is 0 Å². The molecule has 4 N–H and O–H groups in total. The summed E-state index contributed by atoms with van der Waals surface area (Å²) < 4.78 is 38.6. The van der Waals surface area contributed by atoms with Gasteiger partial charge in [-0.1, -0.05) is 99.5 Å². The van der Waals surface area contributed by atoms with Gasteiger partial charge in [-0.15, -0.1) is 12.4 Å². The fourth-order valence-corrected chi connectivity index (χ4v) is 7.88. The summed E-state index contributed by atoms with van der Waals surface area (Å²) in [6.07, 6.45) is 0.0552. The normalized spacial score (nSPS) is 13.2. The number of hydrogen-bond donors (Lipinski definition) is 3. The first-order chi connectivity index (χ1) is 22.6. The third-order valence-electron chi connectivity index (χ3n) is 8.11. The van der Waals surface area contributed by atoms with E-state index in [0.717, 1.165) is 16.0 Å². The molecule has 12 heteroatoms. The van der Waals surface area contributed by atoms with Gasteiger partial charge in [-0.2, -0.15) is 0 Å². The standard InChI is InChI=1S/C36H49N3O7S.ClH/c1-4-13-31(14-5-2)47(43,44)26-33(35(37)41)39(36(42)46-25-28-17-10-7-11-18-28)32(22-27-15-8-6-9-16-27)34(40)24-38-23-29-19-12-20-30(21-29)45-3;/h6-12,15-21,31-34,38,40H,4-5,13-14,22-26H2,1-3H3,(H2,37,41);1H/t32-,33?,34+;/m0./s1. The van der Waals surface area contributed by atoms with Crippen LogP contribution < -0.4 is 15.8 Å². The number of rotatable bonds is 20. The van der Waals surface area contributed by atoms with Crippen molar-refractivity contribution in [3.8, 4) is 5.75 Å². The van der Waals surface area contributed by atoms with Crippen LogP contribution in [0.2, 0.25) is 0 Å². The Balaban J connectivity index is 0.00000800. The fraction of sp³-hybridized carbons (Fsp3) is 0.444. The van der Waals surface area contributed by atoms with Gasteiger partial charge in [-0.3, -0.25) is 9.69 Å². The number of aliphatic hydroxyl groups excluding tert-OH is 1. The first kappa shape index (κ1) is 40.5. The van der Waals surface area contributed by atoms with Gasteiger partial charge in [0.05, 0.1) is 30.3 Å². The van der Waals surface area contributed by atoms with E-state index in [4.69, 9.17) is 15.2 Å². The highest BCUT2D eigenvalue weighted by atomic mass is 35.5. The Morgan fingerprint density at radius 1 is 0.896 bits per heavy atom. The van der Waals surface area contributed by atoms with Crippen molar-refractivity contribution in [2.45, 2.75) is 82.5 Å². The predicted molar refractivity (Wildman–Crippen MR) is 191 cm³/mol. The molecule has 10 nitrogen and oxygen atoms in total. The van der Waals surface area contributed by atoms with Crippen molar-refractivity contribution in [2.24, 2.45) is 5.73 Å². The lowest BCUT2D eigenvalue weighted by Crippen LogP contribution is -2.61. The lowest BCUT2D eigenvalue weighted by atomic mass is 9.98. The zero-order valence-electron chi connectivity index (χ0n) is 28.0.